The van der Waals surface area contributed by atoms with Gasteiger partial charge in [-0.15, -0.1) is 0 Å². The fourth-order valence-electron chi connectivity index (χ4n) is 3.80. The molecule has 0 unspecified atom stereocenters. The SMILES string of the molecule is COc1cc(N)c(Cl)cc1C(=O)N[C@H]1CCN(CCCCNc2ncccn2)C[C@H]1OC. The molecule has 1 amide bonds. The smallest absolute Gasteiger partial charge is 0.255 e. The summed E-state index contributed by atoms with van der Waals surface area (Å²) in [5, 5.41) is 6.62. The lowest BCUT2D eigenvalue weighted by atomic mass is 10.0. The number of ether oxygens (including phenoxy) is 2. The van der Waals surface area contributed by atoms with Gasteiger partial charge in [0.1, 0.15) is 5.75 Å². The molecule has 0 radical (unpaired) electrons. The number of carbonyl (C=O) groups is 1. The zero-order valence-corrected chi connectivity index (χ0v) is 19.3. The van der Waals surface area contributed by atoms with Crippen molar-refractivity contribution in [1.29, 1.82) is 0 Å². The van der Waals surface area contributed by atoms with Gasteiger partial charge in [0, 0.05) is 45.2 Å². The highest BCUT2D eigenvalue weighted by atomic mass is 35.5. The summed E-state index contributed by atoms with van der Waals surface area (Å²) in [6, 6.07) is 4.80. The minimum Gasteiger partial charge on any atom is -0.496 e. The summed E-state index contributed by atoms with van der Waals surface area (Å²) < 4.78 is 11.0. The third-order valence-corrected chi connectivity index (χ3v) is 5.90. The van der Waals surface area contributed by atoms with Crippen LogP contribution in [0.2, 0.25) is 5.02 Å². The van der Waals surface area contributed by atoms with E-state index in [0.717, 1.165) is 45.4 Å². The maximum atomic E-state index is 12.9. The Hall–Kier alpha value is -2.62. The van der Waals surface area contributed by atoms with Crippen LogP contribution in [0, 0.1) is 0 Å². The molecule has 1 aromatic heterocycles. The molecule has 0 bridgehead atoms. The molecule has 3 rings (SSSR count). The van der Waals surface area contributed by atoms with Gasteiger partial charge < -0.3 is 30.7 Å². The zero-order chi connectivity index (χ0) is 22.9. The number of rotatable bonds is 10. The molecule has 1 aliphatic heterocycles. The molecule has 174 valence electrons. The third kappa shape index (κ3) is 6.44. The molecule has 9 nitrogen and oxygen atoms in total. The standard InChI is InChI=1S/C22H31ClN6O3/c1-31-19-13-17(24)16(23)12-15(19)21(30)28-18-6-11-29(14-20(18)32-2)10-4-3-7-25-22-26-8-5-9-27-22/h5,8-9,12-13,18,20H,3-4,6-7,10-11,14,24H2,1-2H3,(H,28,30)(H,25,26,27)/t18-,20+/m0/s1. The van der Waals surface area contributed by atoms with Crippen LogP contribution in [0.3, 0.4) is 0 Å². The molecule has 1 saturated heterocycles. The number of nitrogens with one attached hydrogen (secondary N) is 2. The number of unbranched alkanes of at least 4 members (excludes halogenated alkanes) is 1. The van der Waals surface area contributed by atoms with E-state index in [0.29, 0.717) is 28.0 Å². The zero-order valence-electron chi connectivity index (χ0n) is 18.5. The van der Waals surface area contributed by atoms with Crippen molar-refractivity contribution in [1.82, 2.24) is 20.2 Å². The first-order valence-corrected chi connectivity index (χ1v) is 11.1. The van der Waals surface area contributed by atoms with Crippen molar-refractivity contribution < 1.29 is 14.3 Å². The maximum Gasteiger partial charge on any atom is 0.255 e. The highest BCUT2D eigenvalue weighted by Gasteiger charge is 2.31. The van der Waals surface area contributed by atoms with Crippen LogP contribution >= 0.6 is 11.6 Å². The average Bonchev–Trinajstić information content (AvgIpc) is 2.81. The quantitative estimate of drug-likeness (QED) is 0.364. The van der Waals surface area contributed by atoms with Crippen LogP contribution in [0.15, 0.2) is 30.6 Å². The van der Waals surface area contributed by atoms with E-state index in [2.05, 4.69) is 25.5 Å². The van der Waals surface area contributed by atoms with Crippen LogP contribution < -0.4 is 21.1 Å². The Labute approximate surface area is 193 Å². The molecule has 0 spiro atoms. The highest BCUT2D eigenvalue weighted by molar-refractivity contribution is 6.33. The number of amides is 1. The first-order valence-electron chi connectivity index (χ1n) is 10.7. The minimum absolute atomic E-state index is 0.0957. The van der Waals surface area contributed by atoms with E-state index in [1.165, 1.54) is 13.2 Å². The van der Waals surface area contributed by atoms with Crippen molar-refractivity contribution in [3.63, 3.8) is 0 Å². The molecule has 4 N–H and O–H groups in total. The van der Waals surface area contributed by atoms with Crippen LogP contribution in [0.5, 0.6) is 5.75 Å². The predicted molar refractivity (Wildman–Crippen MR) is 125 cm³/mol. The van der Waals surface area contributed by atoms with Crippen molar-refractivity contribution in [2.45, 2.75) is 31.4 Å². The van der Waals surface area contributed by atoms with E-state index in [-0.39, 0.29) is 18.1 Å². The van der Waals surface area contributed by atoms with E-state index in [9.17, 15) is 4.79 Å². The van der Waals surface area contributed by atoms with Gasteiger partial charge in [0.15, 0.2) is 0 Å². The summed E-state index contributed by atoms with van der Waals surface area (Å²) in [7, 11) is 3.18. The molecule has 1 fully saturated rings. The number of halogens is 1. The number of anilines is 2. The molecule has 2 atom stereocenters. The number of benzene rings is 1. The summed E-state index contributed by atoms with van der Waals surface area (Å²) in [6.45, 7) is 3.45. The topological polar surface area (TPSA) is 115 Å². The molecule has 2 aromatic rings. The van der Waals surface area contributed by atoms with E-state index < -0.39 is 0 Å². The largest absolute Gasteiger partial charge is 0.496 e. The van der Waals surface area contributed by atoms with Gasteiger partial charge in [-0.2, -0.15) is 0 Å². The molecule has 32 heavy (non-hydrogen) atoms. The van der Waals surface area contributed by atoms with Gasteiger partial charge in [0.25, 0.3) is 5.91 Å². The lowest BCUT2D eigenvalue weighted by molar-refractivity contribution is 0.00606. The number of likely N-dealkylation sites (tertiary alicyclic amines) is 1. The maximum absolute atomic E-state index is 12.9. The fourth-order valence-corrected chi connectivity index (χ4v) is 3.96. The monoisotopic (exact) mass is 462 g/mol. The predicted octanol–water partition coefficient (Wildman–Crippen LogP) is 2.43. The summed E-state index contributed by atoms with van der Waals surface area (Å²) in [5.74, 6) is 0.797. The molecular weight excluding hydrogens is 432 g/mol. The van der Waals surface area contributed by atoms with Gasteiger partial charge in [0.05, 0.1) is 35.5 Å². The number of carbonyl (C=O) groups excluding carboxylic acids is 1. The van der Waals surface area contributed by atoms with Gasteiger partial charge in [-0.05, 0) is 37.9 Å². The minimum atomic E-state index is -0.251. The van der Waals surface area contributed by atoms with E-state index in [1.54, 1.807) is 31.6 Å². The van der Waals surface area contributed by atoms with Crippen LogP contribution in [-0.2, 0) is 4.74 Å². The number of hydrogen-bond acceptors (Lipinski definition) is 8. The number of nitrogens with two attached hydrogens (primary N) is 1. The van der Waals surface area contributed by atoms with Gasteiger partial charge in [-0.1, -0.05) is 11.6 Å². The Morgan fingerprint density at radius 2 is 2.06 bits per heavy atom. The van der Waals surface area contributed by atoms with Crippen molar-refractivity contribution in [3.05, 3.63) is 41.2 Å². The molecule has 1 aromatic carbocycles. The summed E-state index contributed by atoms with van der Waals surface area (Å²) >= 11 is 6.11. The Balaban J connectivity index is 1.46. The number of nitrogens with zero attached hydrogens (tertiary/aromatic N) is 3. The molecule has 2 heterocycles. The number of hydrogen-bond donors (Lipinski definition) is 3. The van der Waals surface area contributed by atoms with Crippen molar-refractivity contribution in [2.75, 3.05) is 51.4 Å². The number of methoxy groups -OCH3 is 2. The average molecular weight is 463 g/mol. The van der Waals surface area contributed by atoms with Crippen molar-refractivity contribution >= 4 is 29.1 Å². The first-order chi connectivity index (χ1) is 15.5. The summed E-state index contributed by atoms with van der Waals surface area (Å²) in [5.41, 5.74) is 6.55. The second kappa shape index (κ2) is 11.8. The second-order valence-corrected chi connectivity index (χ2v) is 8.13. The Bertz CT molecular complexity index is 885. The Kier molecular flexibility index (Phi) is 8.90. The van der Waals surface area contributed by atoms with Crippen LogP contribution in [0.4, 0.5) is 11.6 Å². The van der Waals surface area contributed by atoms with Crippen LogP contribution in [0.25, 0.3) is 0 Å². The molecule has 0 aliphatic carbocycles. The van der Waals surface area contributed by atoms with Crippen molar-refractivity contribution in [2.24, 2.45) is 0 Å². The molecule has 10 heteroatoms. The number of nitrogen functional groups attached to an aromatic ring is 1. The lowest BCUT2D eigenvalue weighted by Gasteiger charge is -2.38. The van der Waals surface area contributed by atoms with Gasteiger partial charge in [-0.3, -0.25) is 4.79 Å². The number of piperidine rings is 1. The van der Waals surface area contributed by atoms with E-state index >= 15 is 0 Å². The third-order valence-electron chi connectivity index (χ3n) is 5.58. The lowest BCUT2D eigenvalue weighted by Crippen LogP contribution is -2.54. The highest BCUT2D eigenvalue weighted by Crippen LogP contribution is 2.29. The molecular formula is C22H31ClN6O3. The van der Waals surface area contributed by atoms with E-state index in [4.69, 9.17) is 26.8 Å². The van der Waals surface area contributed by atoms with Gasteiger partial charge in [0.2, 0.25) is 5.95 Å². The fraction of sp³-hybridized carbons (Fsp3) is 0.500. The van der Waals surface area contributed by atoms with Crippen LogP contribution in [-0.4, -0.2) is 73.3 Å². The normalized spacial score (nSPS) is 18.8. The van der Waals surface area contributed by atoms with E-state index in [1.807, 2.05) is 0 Å². The van der Waals surface area contributed by atoms with Crippen LogP contribution in [0.1, 0.15) is 29.6 Å². The first kappa shape index (κ1) is 24.0. The van der Waals surface area contributed by atoms with Crippen molar-refractivity contribution in [3.8, 4) is 5.75 Å². The molecule has 0 saturated carbocycles. The molecule has 1 aliphatic rings. The summed E-state index contributed by atoms with van der Waals surface area (Å²) in [4.78, 5) is 23.6. The number of aromatic nitrogens is 2. The Morgan fingerprint density at radius 1 is 1.28 bits per heavy atom. The van der Waals surface area contributed by atoms with Gasteiger partial charge in [-0.25, -0.2) is 9.97 Å². The second-order valence-electron chi connectivity index (χ2n) is 7.72. The summed E-state index contributed by atoms with van der Waals surface area (Å²) in [6.07, 6.45) is 6.21. The van der Waals surface area contributed by atoms with Gasteiger partial charge >= 0.3 is 0 Å². The Morgan fingerprint density at radius 3 is 2.78 bits per heavy atom.